The van der Waals surface area contributed by atoms with Crippen LogP contribution >= 0.6 is 0 Å². The highest BCUT2D eigenvalue weighted by atomic mass is 32.2. The van der Waals surface area contributed by atoms with E-state index in [4.69, 9.17) is 18.9 Å². The lowest BCUT2D eigenvalue weighted by molar-refractivity contribution is -0.917. The molecule has 0 atom stereocenters. The highest BCUT2D eigenvalue weighted by Gasteiger charge is 2.33. The molecule has 2 aromatic carbocycles. The van der Waals surface area contributed by atoms with Gasteiger partial charge in [0.25, 0.3) is 0 Å². The number of quaternary nitrogens is 1. The summed E-state index contributed by atoms with van der Waals surface area (Å²) in [5.74, 6) is 2.34. The van der Waals surface area contributed by atoms with E-state index in [0.717, 1.165) is 36.7 Å². The molecule has 4 rings (SSSR count). The predicted octanol–water partition coefficient (Wildman–Crippen LogP) is 0.522. The first-order valence-corrected chi connectivity index (χ1v) is 10.9. The van der Waals surface area contributed by atoms with E-state index in [1.54, 1.807) is 12.1 Å². The number of hydrogen-bond acceptors (Lipinski definition) is 6. The number of nitrogens with one attached hydrogen (secondary N) is 1. The van der Waals surface area contributed by atoms with Crippen LogP contribution in [0.3, 0.4) is 0 Å². The van der Waals surface area contributed by atoms with Crippen molar-refractivity contribution < 1.29 is 32.3 Å². The fourth-order valence-electron chi connectivity index (χ4n) is 3.68. The molecule has 29 heavy (non-hydrogen) atoms. The molecule has 0 amide bonds. The van der Waals surface area contributed by atoms with Gasteiger partial charge >= 0.3 is 0 Å². The van der Waals surface area contributed by atoms with E-state index in [1.165, 1.54) is 29.5 Å². The minimum atomic E-state index is -3.66. The van der Waals surface area contributed by atoms with Gasteiger partial charge in [-0.05, 0) is 30.3 Å². The number of hydrogen-bond donors (Lipinski definition) is 1. The number of ether oxygens (including phenoxy) is 4. The maximum absolute atomic E-state index is 13.2. The minimum Gasteiger partial charge on any atom is -0.497 e. The molecule has 0 aliphatic carbocycles. The largest absolute Gasteiger partial charge is 0.497 e. The summed E-state index contributed by atoms with van der Waals surface area (Å²) in [4.78, 5) is 1.46. The summed E-state index contributed by atoms with van der Waals surface area (Å²) in [6, 6.07) is 10.8. The standard InChI is InChI=1S/C20H24N2O6S/c1-25-16-4-6-18(26-2)20(12-16)29(23,24)22-9-7-21(8-10-22)13-15-3-5-17-19(11-15)28-14-27-17/h3-6,11-12H,7-10,13-14H2,1-2H3/p+1. The Hall–Kier alpha value is -2.49. The average molecular weight is 421 g/mol. The number of methoxy groups -OCH3 is 2. The fraction of sp³-hybridized carbons (Fsp3) is 0.400. The van der Waals surface area contributed by atoms with Gasteiger partial charge in [0.05, 0.1) is 40.4 Å². The van der Waals surface area contributed by atoms with Crippen molar-refractivity contribution in [2.75, 3.05) is 47.2 Å². The van der Waals surface area contributed by atoms with Gasteiger partial charge in [0.1, 0.15) is 22.9 Å². The molecule has 2 aromatic rings. The van der Waals surface area contributed by atoms with Crippen LogP contribution in [0.5, 0.6) is 23.0 Å². The quantitative estimate of drug-likeness (QED) is 0.733. The van der Waals surface area contributed by atoms with Crippen LogP contribution in [-0.2, 0) is 16.6 Å². The summed E-state index contributed by atoms with van der Waals surface area (Å²) < 4.78 is 49.1. The van der Waals surface area contributed by atoms with Crippen LogP contribution in [0.4, 0.5) is 0 Å². The zero-order valence-electron chi connectivity index (χ0n) is 16.5. The Morgan fingerprint density at radius 1 is 1.00 bits per heavy atom. The molecule has 0 aromatic heterocycles. The van der Waals surface area contributed by atoms with Gasteiger partial charge in [-0.1, -0.05) is 0 Å². The van der Waals surface area contributed by atoms with E-state index in [0.29, 0.717) is 24.6 Å². The third kappa shape index (κ3) is 3.98. The molecule has 156 valence electrons. The number of benzene rings is 2. The zero-order valence-corrected chi connectivity index (χ0v) is 17.3. The van der Waals surface area contributed by atoms with Gasteiger partial charge < -0.3 is 23.8 Å². The number of piperazine rings is 1. The van der Waals surface area contributed by atoms with Gasteiger partial charge in [0.15, 0.2) is 11.5 Å². The molecule has 1 fully saturated rings. The third-order valence-electron chi connectivity index (χ3n) is 5.31. The number of rotatable bonds is 6. The average Bonchev–Trinajstić information content (AvgIpc) is 3.21. The molecule has 1 N–H and O–H groups in total. The highest BCUT2D eigenvalue weighted by Crippen LogP contribution is 2.32. The highest BCUT2D eigenvalue weighted by molar-refractivity contribution is 7.89. The first-order chi connectivity index (χ1) is 14.0. The summed E-state index contributed by atoms with van der Waals surface area (Å²) >= 11 is 0. The summed E-state index contributed by atoms with van der Waals surface area (Å²) in [7, 11) is -0.686. The zero-order chi connectivity index (χ0) is 20.4. The normalized spacial score (nSPS) is 17.3. The lowest BCUT2D eigenvalue weighted by Gasteiger charge is -2.31. The van der Waals surface area contributed by atoms with E-state index >= 15 is 0 Å². The van der Waals surface area contributed by atoms with Gasteiger partial charge in [-0.3, -0.25) is 0 Å². The van der Waals surface area contributed by atoms with Gasteiger partial charge in [0, 0.05) is 11.6 Å². The molecule has 9 heteroatoms. The molecule has 0 radical (unpaired) electrons. The maximum Gasteiger partial charge on any atom is 0.247 e. The summed E-state index contributed by atoms with van der Waals surface area (Å²) in [5, 5.41) is 0. The monoisotopic (exact) mass is 421 g/mol. The summed E-state index contributed by atoms with van der Waals surface area (Å²) in [6.45, 7) is 3.41. The molecule has 0 saturated carbocycles. The Bertz CT molecular complexity index is 986. The molecular formula is C20H25N2O6S+. The molecule has 1 saturated heterocycles. The van der Waals surface area contributed by atoms with Crippen LogP contribution < -0.4 is 23.8 Å². The molecule has 2 aliphatic rings. The van der Waals surface area contributed by atoms with Crippen molar-refractivity contribution in [2.45, 2.75) is 11.4 Å². The van der Waals surface area contributed by atoms with Crippen LogP contribution in [0, 0.1) is 0 Å². The smallest absolute Gasteiger partial charge is 0.247 e. The van der Waals surface area contributed by atoms with E-state index in [2.05, 4.69) is 0 Å². The van der Waals surface area contributed by atoms with Crippen molar-refractivity contribution in [3.8, 4) is 23.0 Å². The van der Waals surface area contributed by atoms with Crippen LogP contribution in [0.1, 0.15) is 5.56 Å². The SMILES string of the molecule is COc1ccc(OC)c(S(=O)(=O)N2CC[NH+](Cc3ccc4c(c3)OCO4)CC2)c1. The first-order valence-electron chi connectivity index (χ1n) is 9.45. The molecule has 0 unspecified atom stereocenters. The molecule has 8 nitrogen and oxygen atoms in total. The lowest BCUT2D eigenvalue weighted by atomic mass is 10.2. The van der Waals surface area contributed by atoms with Gasteiger partial charge in [-0.15, -0.1) is 0 Å². The van der Waals surface area contributed by atoms with Crippen molar-refractivity contribution in [1.29, 1.82) is 0 Å². The van der Waals surface area contributed by atoms with Crippen molar-refractivity contribution in [2.24, 2.45) is 0 Å². The van der Waals surface area contributed by atoms with Gasteiger partial charge in [0.2, 0.25) is 16.8 Å². The second kappa shape index (κ2) is 8.10. The first kappa shape index (κ1) is 19.8. The van der Waals surface area contributed by atoms with Crippen molar-refractivity contribution in [1.82, 2.24) is 4.31 Å². The van der Waals surface area contributed by atoms with Crippen molar-refractivity contribution in [3.05, 3.63) is 42.0 Å². The Morgan fingerprint density at radius 2 is 1.76 bits per heavy atom. The predicted molar refractivity (Wildman–Crippen MR) is 105 cm³/mol. The Kier molecular flexibility index (Phi) is 5.53. The maximum atomic E-state index is 13.2. The number of sulfonamides is 1. The summed E-state index contributed by atoms with van der Waals surface area (Å²) in [6.07, 6.45) is 0. The van der Waals surface area contributed by atoms with Gasteiger partial charge in [-0.2, -0.15) is 4.31 Å². The van der Waals surface area contributed by atoms with Crippen molar-refractivity contribution in [3.63, 3.8) is 0 Å². The van der Waals surface area contributed by atoms with Crippen LogP contribution in [0.25, 0.3) is 0 Å². The van der Waals surface area contributed by atoms with Crippen LogP contribution in [-0.4, -0.2) is 59.9 Å². The van der Waals surface area contributed by atoms with E-state index in [9.17, 15) is 8.42 Å². The molecule has 0 bridgehead atoms. The number of fused-ring (bicyclic) bond motifs is 1. The fourth-order valence-corrected chi connectivity index (χ4v) is 5.30. The lowest BCUT2D eigenvalue weighted by Crippen LogP contribution is -3.13. The number of nitrogens with zero attached hydrogens (tertiary/aromatic N) is 1. The van der Waals surface area contributed by atoms with Gasteiger partial charge in [-0.25, -0.2) is 8.42 Å². The van der Waals surface area contributed by atoms with E-state index in [1.807, 2.05) is 18.2 Å². The second-order valence-corrected chi connectivity index (χ2v) is 8.94. The Morgan fingerprint density at radius 3 is 2.48 bits per heavy atom. The molecule has 2 aliphatic heterocycles. The minimum absolute atomic E-state index is 0.138. The molecule has 0 spiro atoms. The van der Waals surface area contributed by atoms with Crippen LogP contribution in [0.2, 0.25) is 0 Å². The molecular weight excluding hydrogens is 396 g/mol. The van der Waals surface area contributed by atoms with E-state index in [-0.39, 0.29) is 11.7 Å². The Balaban J connectivity index is 1.44. The molecule has 2 heterocycles. The second-order valence-electron chi connectivity index (χ2n) is 7.04. The van der Waals surface area contributed by atoms with E-state index < -0.39 is 10.0 Å². The topological polar surface area (TPSA) is 78.7 Å². The van der Waals surface area contributed by atoms with Crippen molar-refractivity contribution >= 4 is 10.0 Å². The third-order valence-corrected chi connectivity index (χ3v) is 7.23. The Labute approximate surface area is 170 Å². The summed E-state index contributed by atoms with van der Waals surface area (Å²) in [5.41, 5.74) is 1.15. The van der Waals surface area contributed by atoms with Crippen LogP contribution in [0.15, 0.2) is 41.3 Å².